The van der Waals surface area contributed by atoms with Crippen molar-refractivity contribution in [3.8, 4) is 0 Å². The van der Waals surface area contributed by atoms with Crippen molar-refractivity contribution < 1.29 is 0 Å². The molecule has 8 rings (SSSR count). The number of hydrogen-bond acceptors (Lipinski definition) is 0. The van der Waals surface area contributed by atoms with Gasteiger partial charge in [-0.3, -0.25) is 0 Å². The third kappa shape index (κ3) is 3.80. The van der Waals surface area contributed by atoms with Gasteiger partial charge in [0.1, 0.15) is 0 Å². The second-order valence-corrected chi connectivity index (χ2v) is 17.7. The monoisotopic (exact) mass is 694 g/mol. The van der Waals surface area contributed by atoms with Gasteiger partial charge >= 0.3 is 0 Å². The van der Waals surface area contributed by atoms with Crippen LogP contribution in [0.4, 0.5) is 0 Å². The Balaban J connectivity index is 1.52. The van der Waals surface area contributed by atoms with Crippen LogP contribution in [0.15, 0.2) is 143 Å². The quantitative estimate of drug-likeness (QED) is 0.300. The highest BCUT2D eigenvalue weighted by atomic mass is 35.5. The smallest absolute Gasteiger partial charge is 0.0411 e. The number of rotatable bonds is 3. The van der Waals surface area contributed by atoms with Crippen molar-refractivity contribution in [2.24, 2.45) is 43.8 Å². The van der Waals surface area contributed by atoms with Crippen LogP contribution >= 0.6 is 23.2 Å². The molecule has 2 radical (unpaired) electrons. The lowest BCUT2D eigenvalue weighted by atomic mass is 9.23. The van der Waals surface area contributed by atoms with Crippen LogP contribution < -0.4 is 0 Å². The normalized spacial score (nSPS) is 42.5. The van der Waals surface area contributed by atoms with Crippen molar-refractivity contribution in [1.82, 2.24) is 0 Å². The predicted molar refractivity (Wildman–Crippen MR) is 213 cm³/mol. The van der Waals surface area contributed by atoms with E-state index in [1.807, 2.05) is 18.2 Å². The maximum atomic E-state index is 6.67. The Morgan fingerprint density at radius 3 is 1.78 bits per heavy atom. The van der Waals surface area contributed by atoms with Crippen LogP contribution in [-0.2, 0) is 0 Å². The molecule has 0 heterocycles. The summed E-state index contributed by atoms with van der Waals surface area (Å²) in [7, 11) is 0. The summed E-state index contributed by atoms with van der Waals surface area (Å²) in [5, 5.41) is 1.48. The zero-order valence-corrected chi connectivity index (χ0v) is 32.2. The molecule has 2 heteroatoms. The van der Waals surface area contributed by atoms with Gasteiger partial charge in [0.05, 0.1) is 0 Å². The van der Waals surface area contributed by atoms with Crippen LogP contribution in [-0.4, -0.2) is 0 Å². The molecule has 50 heavy (non-hydrogen) atoms. The first-order chi connectivity index (χ1) is 23.6. The molecular formula is C48H48Cl2. The van der Waals surface area contributed by atoms with Gasteiger partial charge < -0.3 is 0 Å². The second-order valence-electron chi connectivity index (χ2n) is 16.9. The van der Waals surface area contributed by atoms with E-state index in [0.717, 1.165) is 27.6 Å². The Morgan fingerprint density at radius 1 is 0.680 bits per heavy atom. The third-order valence-corrected chi connectivity index (χ3v) is 16.2. The fourth-order valence-electron chi connectivity index (χ4n) is 12.2. The van der Waals surface area contributed by atoms with Gasteiger partial charge in [0.2, 0.25) is 0 Å². The standard InChI is InChI=1S/C48H48Cl2/c1-32-41(35-19-9-10-20-35)39(30-34-18-16-22-37(50)28-34)38(29-33-17-15-21-36(49)27-33)40-31-46(6)44(4)25-12-11-23-42(44,2)43(3)24-13-14-26-45(43,5)48(46,8)47(32,40)7/h9-19,21-30,40H,20H2,1-8H3. The fraction of sp³-hybridized carbons (Fsp3) is 0.354. The van der Waals surface area contributed by atoms with Crippen molar-refractivity contribution in [3.05, 3.63) is 171 Å². The summed E-state index contributed by atoms with van der Waals surface area (Å²) in [5.41, 5.74) is 7.17. The fourth-order valence-corrected chi connectivity index (χ4v) is 12.6. The van der Waals surface area contributed by atoms with E-state index in [1.165, 1.54) is 27.9 Å². The van der Waals surface area contributed by atoms with Crippen LogP contribution in [0.2, 0.25) is 10.0 Å². The van der Waals surface area contributed by atoms with E-state index in [9.17, 15) is 0 Å². The van der Waals surface area contributed by atoms with Gasteiger partial charge in [0, 0.05) is 43.0 Å². The Hall–Kier alpha value is -3.32. The summed E-state index contributed by atoms with van der Waals surface area (Å²) < 4.78 is 0. The molecule has 0 spiro atoms. The first-order valence-corrected chi connectivity index (χ1v) is 18.9. The lowest BCUT2D eigenvalue weighted by molar-refractivity contribution is -0.255. The van der Waals surface area contributed by atoms with E-state index in [-0.39, 0.29) is 43.8 Å². The number of hydrogen-bond donors (Lipinski definition) is 0. The minimum absolute atomic E-state index is 0.000472. The van der Waals surface area contributed by atoms with Gasteiger partial charge in [-0.05, 0) is 94.4 Å². The largest absolute Gasteiger partial charge is 0.0843 e. The summed E-state index contributed by atoms with van der Waals surface area (Å²) in [6, 6.07) is 16.5. The van der Waals surface area contributed by atoms with Gasteiger partial charge in [-0.2, -0.15) is 0 Å². The van der Waals surface area contributed by atoms with E-state index in [2.05, 4.69) is 171 Å². The highest BCUT2D eigenvalue weighted by Gasteiger charge is 2.85. The first-order valence-electron chi connectivity index (χ1n) is 18.2. The predicted octanol–water partition coefficient (Wildman–Crippen LogP) is 13.7. The molecule has 0 amide bonds. The van der Waals surface area contributed by atoms with Gasteiger partial charge in [-0.25, -0.2) is 0 Å². The summed E-state index contributed by atoms with van der Waals surface area (Å²) in [6.07, 6.45) is 36.5. The Bertz CT molecular complexity index is 2110. The topological polar surface area (TPSA) is 0 Å². The van der Waals surface area contributed by atoms with E-state index < -0.39 is 0 Å². The molecule has 8 atom stereocenters. The summed E-state index contributed by atoms with van der Waals surface area (Å²) in [4.78, 5) is 0. The van der Waals surface area contributed by atoms with Crippen molar-refractivity contribution in [2.75, 3.05) is 0 Å². The van der Waals surface area contributed by atoms with Crippen LogP contribution in [0, 0.1) is 50.2 Å². The lowest BCUT2D eigenvalue weighted by Gasteiger charge is -2.79. The summed E-state index contributed by atoms with van der Waals surface area (Å²) >= 11 is 13.3. The molecule has 0 bridgehead atoms. The molecule has 6 aliphatic rings. The van der Waals surface area contributed by atoms with E-state index in [0.29, 0.717) is 0 Å². The highest BCUT2D eigenvalue weighted by molar-refractivity contribution is 6.31. The van der Waals surface area contributed by atoms with Gasteiger partial charge in [0.25, 0.3) is 0 Å². The Kier molecular flexibility index (Phi) is 7.33. The SMILES string of the molecule is CC1=C(C2=CC=CC2)C(=Cc2cccc(Cl)c2)C(=Cc2cccc(Cl)c2)C2[C]C3(C)C4(C)C=CC=CC4(C)C4(C)C=CC=CC4(C)C3(C)C12C. The van der Waals surface area contributed by atoms with Gasteiger partial charge in [-0.1, -0.05) is 174 Å². The zero-order chi connectivity index (χ0) is 35.5. The lowest BCUT2D eigenvalue weighted by Crippen LogP contribution is -2.75. The molecule has 0 aromatic heterocycles. The molecule has 8 unspecified atom stereocenters. The van der Waals surface area contributed by atoms with E-state index in [4.69, 9.17) is 23.2 Å². The molecule has 2 fully saturated rings. The second kappa shape index (κ2) is 10.8. The van der Waals surface area contributed by atoms with Crippen molar-refractivity contribution in [2.45, 2.75) is 61.8 Å². The van der Waals surface area contributed by atoms with Crippen molar-refractivity contribution in [1.29, 1.82) is 0 Å². The molecular weight excluding hydrogens is 647 g/mol. The maximum absolute atomic E-state index is 6.67. The number of fused-ring (bicyclic) bond motifs is 8. The van der Waals surface area contributed by atoms with Crippen LogP contribution in [0.5, 0.6) is 0 Å². The summed E-state index contributed by atoms with van der Waals surface area (Å²) in [6.45, 7) is 20.4. The Morgan fingerprint density at radius 2 is 1.22 bits per heavy atom. The molecule has 0 saturated heterocycles. The summed E-state index contributed by atoms with van der Waals surface area (Å²) in [5.74, 6) is -0.000472. The number of halogens is 2. The van der Waals surface area contributed by atoms with Crippen molar-refractivity contribution >= 4 is 35.4 Å². The molecule has 2 saturated carbocycles. The third-order valence-electron chi connectivity index (χ3n) is 15.8. The molecule has 2 aromatic rings. The molecule has 2 aromatic carbocycles. The average Bonchev–Trinajstić information content (AvgIpc) is 3.67. The zero-order valence-electron chi connectivity index (χ0n) is 30.7. The molecule has 0 aliphatic heterocycles. The molecule has 0 N–H and O–H groups in total. The average molecular weight is 696 g/mol. The first kappa shape index (κ1) is 33.8. The van der Waals surface area contributed by atoms with E-state index in [1.54, 1.807) is 0 Å². The minimum atomic E-state index is -0.340. The molecule has 0 nitrogen and oxygen atoms in total. The molecule has 6 aliphatic carbocycles. The van der Waals surface area contributed by atoms with Gasteiger partial charge in [-0.15, -0.1) is 0 Å². The van der Waals surface area contributed by atoms with Crippen LogP contribution in [0.25, 0.3) is 12.2 Å². The Labute approximate surface area is 310 Å². The van der Waals surface area contributed by atoms with Crippen LogP contribution in [0.1, 0.15) is 72.9 Å². The van der Waals surface area contributed by atoms with Crippen LogP contribution in [0.3, 0.4) is 0 Å². The minimum Gasteiger partial charge on any atom is -0.0843 e. The highest BCUT2D eigenvalue weighted by Crippen LogP contribution is 2.90. The van der Waals surface area contributed by atoms with Crippen molar-refractivity contribution in [3.63, 3.8) is 0 Å². The number of allylic oxidation sites excluding steroid dienone is 16. The number of benzene rings is 2. The van der Waals surface area contributed by atoms with E-state index >= 15 is 0 Å². The molecule has 254 valence electrons. The van der Waals surface area contributed by atoms with Gasteiger partial charge in [0.15, 0.2) is 0 Å². The maximum Gasteiger partial charge on any atom is 0.0411 e.